The van der Waals surface area contributed by atoms with Crippen molar-refractivity contribution in [3.8, 4) is 0 Å². The predicted octanol–water partition coefficient (Wildman–Crippen LogP) is 1.33. The molecule has 2 amide bonds. The number of non-ortho nitro benzene ring substituents is 1. The highest BCUT2D eigenvalue weighted by atomic mass is 16.6. The lowest BCUT2D eigenvalue weighted by Gasteiger charge is -2.07. The Bertz CT molecular complexity index is 405. The van der Waals surface area contributed by atoms with Crippen molar-refractivity contribution in [2.75, 3.05) is 25.5 Å². The summed E-state index contributed by atoms with van der Waals surface area (Å²) in [5.74, 6) is 0. The molecule has 3 N–H and O–H groups in total. The zero-order valence-corrected chi connectivity index (χ0v) is 10.1. The first-order chi connectivity index (χ1) is 8.63. The summed E-state index contributed by atoms with van der Waals surface area (Å²) in [6.07, 6.45) is 0.837. The molecule has 0 radical (unpaired) electrons. The van der Waals surface area contributed by atoms with Crippen LogP contribution in [-0.2, 0) is 0 Å². The van der Waals surface area contributed by atoms with Gasteiger partial charge in [-0.2, -0.15) is 0 Å². The maximum atomic E-state index is 11.4. The standard InChI is InChI=1S/C11H16N4O3/c1-12-7-2-8-13-11(16)14-9-3-5-10(6-4-9)15(17)18/h3-6,12H,2,7-8H2,1H3,(H2,13,14,16). The van der Waals surface area contributed by atoms with Crippen LogP contribution in [0.2, 0.25) is 0 Å². The molecule has 0 aliphatic heterocycles. The smallest absolute Gasteiger partial charge is 0.319 e. The lowest BCUT2D eigenvalue weighted by Crippen LogP contribution is -2.30. The molecule has 98 valence electrons. The van der Waals surface area contributed by atoms with Crippen LogP contribution in [0.1, 0.15) is 6.42 Å². The van der Waals surface area contributed by atoms with Crippen LogP contribution < -0.4 is 16.0 Å². The lowest BCUT2D eigenvalue weighted by molar-refractivity contribution is -0.384. The van der Waals surface area contributed by atoms with Gasteiger partial charge in [0.05, 0.1) is 4.92 Å². The van der Waals surface area contributed by atoms with E-state index in [4.69, 9.17) is 0 Å². The van der Waals surface area contributed by atoms with E-state index in [9.17, 15) is 14.9 Å². The predicted molar refractivity (Wildman–Crippen MR) is 68.7 cm³/mol. The Hall–Kier alpha value is -2.15. The van der Waals surface area contributed by atoms with Crippen LogP contribution in [0.4, 0.5) is 16.2 Å². The molecule has 1 aromatic rings. The van der Waals surface area contributed by atoms with Crippen LogP contribution in [0.15, 0.2) is 24.3 Å². The monoisotopic (exact) mass is 252 g/mol. The van der Waals surface area contributed by atoms with Gasteiger partial charge in [-0.15, -0.1) is 0 Å². The van der Waals surface area contributed by atoms with Crippen molar-refractivity contribution < 1.29 is 9.72 Å². The Labute approximate surface area is 105 Å². The first kappa shape index (κ1) is 13.9. The van der Waals surface area contributed by atoms with Gasteiger partial charge in [0.15, 0.2) is 0 Å². The molecular weight excluding hydrogens is 236 g/mol. The minimum atomic E-state index is -0.485. The highest BCUT2D eigenvalue weighted by molar-refractivity contribution is 5.89. The number of hydrogen-bond donors (Lipinski definition) is 3. The topological polar surface area (TPSA) is 96.3 Å². The van der Waals surface area contributed by atoms with Crippen LogP contribution in [0, 0.1) is 10.1 Å². The normalized spacial score (nSPS) is 9.83. The fourth-order valence-electron chi connectivity index (χ4n) is 1.31. The van der Waals surface area contributed by atoms with Gasteiger partial charge in [-0.1, -0.05) is 0 Å². The summed E-state index contributed by atoms with van der Waals surface area (Å²) in [5, 5.41) is 18.7. The number of urea groups is 1. The molecule has 0 saturated heterocycles. The van der Waals surface area contributed by atoms with Crippen molar-refractivity contribution in [3.63, 3.8) is 0 Å². The number of carbonyl (C=O) groups is 1. The fraction of sp³-hybridized carbons (Fsp3) is 0.364. The molecular formula is C11H16N4O3. The Kier molecular flexibility index (Phi) is 5.59. The second-order valence-electron chi connectivity index (χ2n) is 3.64. The molecule has 1 aromatic carbocycles. The van der Waals surface area contributed by atoms with Gasteiger partial charge in [-0.05, 0) is 32.1 Å². The van der Waals surface area contributed by atoms with Gasteiger partial charge in [0.25, 0.3) is 5.69 Å². The van der Waals surface area contributed by atoms with Gasteiger partial charge in [0.2, 0.25) is 0 Å². The summed E-state index contributed by atoms with van der Waals surface area (Å²) < 4.78 is 0. The van der Waals surface area contributed by atoms with E-state index < -0.39 is 4.92 Å². The minimum Gasteiger partial charge on any atom is -0.338 e. The molecule has 0 saturated carbocycles. The van der Waals surface area contributed by atoms with Crippen LogP contribution in [0.25, 0.3) is 0 Å². The molecule has 7 nitrogen and oxygen atoms in total. The van der Waals surface area contributed by atoms with Gasteiger partial charge in [0, 0.05) is 24.4 Å². The Morgan fingerprint density at radius 1 is 1.28 bits per heavy atom. The summed E-state index contributed by atoms with van der Waals surface area (Å²) in [7, 11) is 1.84. The van der Waals surface area contributed by atoms with Gasteiger partial charge in [-0.25, -0.2) is 4.79 Å². The third-order valence-corrected chi connectivity index (χ3v) is 2.23. The van der Waals surface area contributed by atoms with Gasteiger partial charge in [-0.3, -0.25) is 10.1 Å². The SMILES string of the molecule is CNCCCNC(=O)Nc1ccc([N+](=O)[O-])cc1. The maximum Gasteiger partial charge on any atom is 0.319 e. The number of nitrogens with one attached hydrogen (secondary N) is 3. The number of carbonyl (C=O) groups excluding carboxylic acids is 1. The van der Waals surface area contributed by atoms with Crippen molar-refractivity contribution >= 4 is 17.4 Å². The van der Waals surface area contributed by atoms with Crippen molar-refractivity contribution in [1.29, 1.82) is 0 Å². The number of nitrogens with zero attached hydrogens (tertiary/aromatic N) is 1. The number of benzene rings is 1. The molecule has 18 heavy (non-hydrogen) atoms. The van der Waals surface area contributed by atoms with Crippen LogP contribution in [-0.4, -0.2) is 31.1 Å². The van der Waals surface area contributed by atoms with Crippen molar-refractivity contribution in [3.05, 3.63) is 34.4 Å². The van der Waals surface area contributed by atoms with Crippen LogP contribution in [0.5, 0.6) is 0 Å². The molecule has 0 unspecified atom stereocenters. The molecule has 0 aromatic heterocycles. The largest absolute Gasteiger partial charge is 0.338 e. The average molecular weight is 252 g/mol. The Morgan fingerprint density at radius 2 is 1.94 bits per heavy atom. The van der Waals surface area contributed by atoms with E-state index in [0.717, 1.165) is 13.0 Å². The average Bonchev–Trinajstić information content (AvgIpc) is 2.35. The van der Waals surface area contributed by atoms with Crippen molar-refractivity contribution in [2.45, 2.75) is 6.42 Å². The minimum absolute atomic E-state index is 0.00465. The Balaban J connectivity index is 2.37. The fourth-order valence-corrected chi connectivity index (χ4v) is 1.31. The van der Waals surface area contributed by atoms with Crippen molar-refractivity contribution in [1.82, 2.24) is 10.6 Å². The summed E-state index contributed by atoms with van der Waals surface area (Å²) in [4.78, 5) is 21.4. The maximum absolute atomic E-state index is 11.4. The van der Waals surface area contributed by atoms with E-state index >= 15 is 0 Å². The highest BCUT2D eigenvalue weighted by Crippen LogP contribution is 2.14. The number of amides is 2. The third-order valence-electron chi connectivity index (χ3n) is 2.23. The summed E-state index contributed by atoms with van der Waals surface area (Å²) >= 11 is 0. The molecule has 0 atom stereocenters. The van der Waals surface area contributed by atoms with E-state index in [1.807, 2.05) is 7.05 Å². The van der Waals surface area contributed by atoms with Gasteiger partial charge >= 0.3 is 6.03 Å². The first-order valence-electron chi connectivity index (χ1n) is 5.57. The molecule has 0 spiro atoms. The van der Waals surface area contributed by atoms with E-state index in [2.05, 4.69) is 16.0 Å². The summed E-state index contributed by atoms with van der Waals surface area (Å²) in [5.41, 5.74) is 0.515. The Morgan fingerprint density at radius 3 is 2.50 bits per heavy atom. The molecule has 0 heterocycles. The molecule has 0 aliphatic carbocycles. The number of nitro groups is 1. The zero-order valence-electron chi connectivity index (χ0n) is 10.1. The molecule has 0 fully saturated rings. The third kappa shape index (κ3) is 4.79. The van der Waals surface area contributed by atoms with E-state index in [1.165, 1.54) is 24.3 Å². The van der Waals surface area contributed by atoms with Crippen molar-refractivity contribution in [2.24, 2.45) is 0 Å². The lowest BCUT2D eigenvalue weighted by atomic mass is 10.3. The van der Waals surface area contributed by atoms with Crippen LogP contribution in [0.3, 0.4) is 0 Å². The molecule has 0 aliphatic rings. The molecule has 7 heteroatoms. The number of hydrogen-bond acceptors (Lipinski definition) is 4. The number of anilines is 1. The summed E-state index contributed by atoms with van der Waals surface area (Å²) in [6.45, 7) is 1.40. The van der Waals surface area contributed by atoms with E-state index in [-0.39, 0.29) is 11.7 Å². The van der Waals surface area contributed by atoms with E-state index in [0.29, 0.717) is 12.2 Å². The van der Waals surface area contributed by atoms with Gasteiger partial charge < -0.3 is 16.0 Å². The highest BCUT2D eigenvalue weighted by Gasteiger charge is 2.05. The zero-order chi connectivity index (χ0) is 13.4. The van der Waals surface area contributed by atoms with Gasteiger partial charge in [0.1, 0.15) is 0 Å². The van der Waals surface area contributed by atoms with E-state index in [1.54, 1.807) is 0 Å². The first-order valence-corrected chi connectivity index (χ1v) is 5.57. The number of nitro benzene ring substituents is 1. The second-order valence-corrected chi connectivity index (χ2v) is 3.64. The van der Waals surface area contributed by atoms with Crippen LogP contribution >= 0.6 is 0 Å². The molecule has 1 rings (SSSR count). The molecule has 0 bridgehead atoms. The number of rotatable bonds is 6. The quantitative estimate of drug-likeness (QED) is 0.404. The second kappa shape index (κ2) is 7.23. The summed E-state index contributed by atoms with van der Waals surface area (Å²) in [6, 6.07) is 5.35.